The Morgan fingerprint density at radius 3 is 2.50 bits per heavy atom. The highest BCUT2D eigenvalue weighted by Gasteiger charge is 2.24. The van der Waals surface area contributed by atoms with Crippen LogP contribution in [-0.4, -0.2) is 37.6 Å². The second-order valence-corrected chi connectivity index (χ2v) is 8.53. The molecule has 1 aliphatic rings. The quantitative estimate of drug-likeness (QED) is 0.624. The number of likely N-dealkylation sites (tertiary alicyclic amines) is 1. The molecular weight excluding hydrogens is 404 g/mol. The van der Waals surface area contributed by atoms with Crippen molar-refractivity contribution in [3.8, 4) is 5.75 Å². The van der Waals surface area contributed by atoms with Crippen LogP contribution in [0.3, 0.4) is 0 Å². The number of benzene rings is 2. The maximum Gasteiger partial charge on any atom is 0.287 e. The van der Waals surface area contributed by atoms with Gasteiger partial charge in [-0.2, -0.15) is 0 Å². The number of nitrogens with zero attached hydrogens (tertiary/aromatic N) is 1. The molecule has 168 valence electrons. The van der Waals surface area contributed by atoms with Gasteiger partial charge in [0.2, 0.25) is 0 Å². The average Bonchev–Trinajstić information content (AvgIpc) is 2.79. The summed E-state index contributed by atoms with van der Waals surface area (Å²) >= 11 is 0. The molecular formula is C26H30N2O4. The van der Waals surface area contributed by atoms with Crippen molar-refractivity contribution in [2.24, 2.45) is 0 Å². The Labute approximate surface area is 188 Å². The molecule has 1 fully saturated rings. The number of fused-ring (bicyclic) bond motifs is 1. The lowest BCUT2D eigenvalue weighted by atomic mass is 10.0. The summed E-state index contributed by atoms with van der Waals surface area (Å²) in [7, 11) is 1.65. The third-order valence-electron chi connectivity index (χ3n) is 6.18. The van der Waals surface area contributed by atoms with Crippen LogP contribution < -0.4 is 15.5 Å². The van der Waals surface area contributed by atoms with Gasteiger partial charge >= 0.3 is 0 Å². The number of nitrogens with one attached hydrogen (secondary N) is 1. The van der Waals surface area contributed by atoms with Crippen molar-refractivity contribution in [2.45, 2.75) is 39.2 Å². The van der Waals surface area contributed by atoms with E-state index in [-0.39, 0.29) is 23.1 Å². The number of hydrogen-bond donors (Lipinski definition) is 1. The molecule has 1 aliphatic heterocycles. The van der Waals surface area contributed by atoms with Gasteiger partial charge in [-0.25, -0.2) is 0 Å². The van der Waals surface area contributed by atoms with E-state index in [2.05, 4.69) is 10.2 Å². The summed E-state index contributed by atoms with van der Waals surface area (Å²) in [5.41, 5.74) is 3.21. The molecule has 2 heterocycles. The molecule has 0 aliphatic carbocycles. The predicted molar refractivity (Wildman–Crippen MR) is 125 cm³/mol. The van der Waals surface area contributed by atoms with Gasteiger partial charge < -0.3 is 14.5 Å². The minimum absolute atomic E-state index is 0.0413. The predicted octanol–water partition coefficient (Wildman–Crippen LogP) is 4.38. The van der Waals surface area contributed by atoms with Crippen LogP contribution in [0, 0.1) is 13.8 Å². The number of carbonyl (C=O) groups excluding carboxylic acids is 1. The van der Waals surface area contributed by atoms with Crippen molar-refractivity contribution in [2.75, 3.05) is 26.7 Å². The van der Waals surface area contributed by atoms with Crippen molar-refractivity contribution in [3.05, 3.63) is 75.1 Å². The Kier molecular flexibility index (Phi) is 6.61. The van der Waals surface area contributed by atoms with Crippen LogP contribution in [0.15, 0.2) is 51.7 Å². The standard InChI is InChI=1S/C26H30N2O4/c1-17-13-18(2)25-22(29)15-24(32-23(25)14-17)26(30)27-16-21(28-11-5-4-6-12-28)19-7-9-20(31-3)10-8-19/h7-10,13-15,21H,4-6,11-12,16H2,1-3H3,(H,27,30). The van der Waals surface area contributed by atoms with E-state index < -0.39 is 0 Å². The summed E-state index contributed by atoms with van der Waals surface area (Å²) in [5.74, 6) is 0.469. The Morgan fingerprint density at radius 2 is 1.81 bits per heavy atom. The van der Waals surface area contributed by atoms with Crippen molar-refractivity contribution in [3.63, 3.8) is 0 Å². The first-order valence-electron chi connectivity index (χ1n) is 11.2. The second kappa shape index (κ2) is 9.57. The molecule has 4 rings (SSSR count). The van der Waals surface area contributed by atoms with Gasteiger partial charge in [-0.1, -0.05) is 24.6 Å². The Hall–Kier alpha value is -3.12. The van der Waals surface area contributed by atoms with Crippen LogP contribution in [0.5, 0.6) is 5.75 Å². The number of piperidine rings is 1. The zero-order valence-corrected chi connectivity index (χ0v) is 18.9. The van der Waals surface area contributed by atoms with E-state index in [0.717, 1.165) is 48.4 Å². The van der Waals surface area contributed by atoms with Crippen LogP contribution in [-0.2, 0) is 0 Å². The van der Waals surface area contributed by atoms with Crippen LogP contribution in [0.25, 0.3) is 11.0 Å². The largest absolute Gasteiger partial charge is 0.497 e. The normalized spacial score (nSPS) is 15.5. The third-order valence-corrected chi connectivity index (χ3v) is 6.18. The van der Waals surface area contributed by atoms with Crippen molar-refractivity contribution in [1.82, 2.24) is 10.2 Å². The van der Waals surface area contributed by atoms with Gasteiger partial charge in [-0.15, -0.1) is 0 Å². The van der Waals surface area contributed by atoms with Crippen LogP contribution in [0.4, 0.5) is 0 Å². The van der Waals surface area contributed by atoms with Gasteiger partial charge in [0.15, 0.2) is 11.2 Å². The molecule has 2 aromatic carbocycles. The Morgan fingerprint density at radius 1 is 1.09 bits per heavy atom. The second-order valence-electron chi connectivity index (χ2n) is 8.53. The van der Waals surface area contributed by atoms with Crippen LogP contribution in [0.2, 0.25) is 0 Å². The van der Waals surface area contributed by atoms with Crippen molar-refractivity contribution >= 4 is 16.9 Å². The highest BCUT2D eigenvalue weighted by atomic mass is 16.5. The maximum absolute atomic E-state index is 12.9. The molecule has 3 aromatic rings. The van der Waals surface area contributed by atoms with Gasteiger partial charge in [-0.3, -0.25) is 14.5 Å². The van der Waals surface area contributed by atoms with E-state index in [1.54, 1.807) is 13.2 Å². The highest BCUT2D eigenvalue weighted by molar-refractivity contribution is 5.93. The minimum atomic E-state index is -0.376. The SMILES string of the molecule is COc1ccc(C(CNC(=O)c2cc(=O)c3c(C)cc(C)cc3o2)N2CCCCC2)cc1. The number of rotatable bonds is 6. The molecule has 1 unspecified atom stereocenters. The molecule has 6 nitrogen and oxygen atoms in total. The van der Waals surface area contributed by atoms with Gasteiger partial charge in [0.05, 0.1) is 18.5 Å². The van der Waals surface area contributed by atoms with E-state index in [9.17, 15) is 9.59 Å². The number of amides is 1. The first kappa shape index (κ1) is 22.1. The Bertz CT molecular complexity index is 1160. The van der Waals surface area contributed by atoms with E-state index in [1.807, 2.05) is 44.2 Å². The first-order valence-corrected chi connectivity index (χ1v) is 11.2. The molecule has 32 heavy (non-hydrogen) atoms. The third kappa shape index (κ3) is 4.70. The molecule has 1 atom stereocenters. The van der Waals surface area contributed by atoms with E-state index >= 15 is 0 Å². The smallest absolute Gasteiger partial charge is 0.287 e. The molecule has 1 N–H and O–H groups in total. The monoisotopic (exact) mass is 434 g/mol. The number of aryl methyl sites for hydroxylation is 2. The van der Waals surface area contributed by atoms with Crippen LogP contribution >= 0.6 is 0 Å². The molecule has 0 saturated carbocycles. The molecule has 0 bridgehead atoms. The van der Waals surface area contributed by atoms with E-state index in [4.69, 9.17) is 9.15 Å². The molecule has 1 amide bonds. The lowest BCUT2D eigenvalue weighted by molar-refractivity contribution is 0.0897. The fourth-order valence-electron chi connectivity index (χ4n) is 4.57. The number of methoxy groups -OCH3 is 1. The lowest BCUT2D eigenvalue weighted by Gasteiger charge is -2.35. The number of ether oxygens (including phenoxy) is 1. The summed E-state index contributed by atoms with van der Waals surface area (Å²) in [4.78, 5) is 28.0. The molecule has 6 heteroatoms. The van der Waals surface area contributed by atoms with Crippen molar-refractivity contribution < 1.29 is 13.9 Å². The average molecular weight is 435 g/mol. The van der Waals surface area contributed by atoms with Gasteiger partial charge in [-0.05, 0) is 74.7 Å². The summed E-state index contributed by atoms with van der Waals surface area (Å²) in [6.07, 6.45) is 3.54. The summed E-state index contributed by atoms with van der Waals surface area (Å²) < 4.78 is 11.1. The zero-order chi connectivity index (χ0) is 22.7. The van der Waals surface area contributed by atoms with Gasteiger partial charge in [0.25, 0.3) is 5.91 Å². The molecule has 0 radical (unpaired) electrons. The van der Waals surface area contributed by atoms with Crippen molar-refractivity contribution in [1.29, 1.82) is 0 Å². The van der Waals surface area contributed by atoms with Gasteiger partial charge in [0.1, 0.15) is 11.3 Å². The molecule has 1 aromatic heterocycles. The fraction of sp³-hybridized carbons (Fsp3) is 0.385. The van der Waals surface area contributed by atoms with Crippen LogP contribution in [0.1, 0.15) is 52.5 Å². The highest BCUT2D eigenvalue weighted by Crippen LogP contribution is 2.26. The topological polar surface area (TPSA) is 71.8 Å². The fourth-order valence-corrected chi connectivity index (χ4v) is 4.57. The summed E-state index contributed by atoms with van der Waals surface area (Å²) in [5, 5.41) is 3.52. The Balaban J connectivity index is 1.57. The first-order chi connectivity index (χ1) is 15.5. The molecule has 1 saturated heterocycles. The zero-order valence-electron chi connectivity index (χ0n) is 18.9. The van der Waals surface area contributed by atoms with Gasteiger partial charge in [0, 0.05) is 12.6 Å². The molecule has 0 spiro atoms. The summed E-state index contributed by atoms with van der Waals surface area (Å²) in [6, 6.07) is 13.1. The van der Waals surface area contributed by atoms with E-state index in [1.165, 1.54) is 12.5 Å². The lowest BCUT2D eigenvalue weighted by Crippen LogP contribution is -2.40. The summed E-state index contributed by atoms with van der Waals surface area (Å²) in [6.45, 7) is 6.24. The maximum atomic E-state index is 12.9. The number of carbonyl (C=O) groups is 1. The minimum Gasteiger partial charge on any atom is -0.497 e. The van der Waals surface area contributed by atoms with E-state index in [0.29, 0.717) is 17.5 Å². The number of hydrogen-bond acceptors (Lipinski definition) is 5.